The molecule has 0 spiro atoms. The Hall–Kier alpha value is -4.35. The van der Waals surface area contributed by atoms with Gasteiger partial charge < -0.3 is 9.64 Å². The second-order valence-corrected chi connectivity index (χ2v) is 8.29. The van der Waals surface area contributed by atoms with Crippen molar-refractivity contribution in [1.29, 1.82) is 10.5 Å². The van der Waals surface area contributed by atoms with Crippen LogP contribution in [0.1, 0.15) is 27.4 Å². The number of Topliss-reactive ketones (excluding diaryl/α,β-unsaturated/α-hetero) is 1. The quantitative estimate of drug-likeness (QED) is 0.545. The second-order valence-electron chi connectivity index (χ2n) is 8.29. The average Bonchev–Trinajstić information content (AvgIpc) is 3.20. The molecule has 2 heterocycles. The summed E-state index contributed by atoms with van der Waals surface area (Å²) in [6.45, 7) is 0. The molecule has 5 nitrogen and oxygen atoms in total. The van der Waals surface area contributed by atoms with Crippen LogP contribution in [0.25, 0.3) is 6.08 Å². The summed E-state index contributed by atoms with van der Waals surface area (Å²) in [6, 6.07) is 27.6. The lowest BCUT2D eigenvalue weighted by molar-refractivity contribution is 0.0951. The number of rotatable bonds is 4. The van der Waals surface area contributed by atoms with Gasteiger partial charge in [0, 0.05) is 17.2 Å². The first-order valence-corrected chi connectivity index (χ1v) is 10.8. The minimum absolute atomic E-state index is 0.131. The molecule has 3 aromatic carbocycles. The monoisotopic (exact) mass is 431 g/mol. The van der Waals surface area contributed by atoms with Crippen LogP contribution < -0.4 is 9.64 Å². The van der Waals surface area contributed by atoms with Crippen LogP contribution >= 0.6 is 0 Å². The van der Waals surface area contributed by atoms with Crippen LogP contribution in [0.5, 0.6) is 5.75 Å². The number of anilines is 1. The summed E-state index contributed by atoms with van der Waals surface area (Å²) in [6.07, 6.45) is 3.84. The van der Waals surface area contributed by atoms with E-state index in [9.17, 15) is 15.3 Å². The number of carbonyl (C=O) groups excluding carboxylic acids is 1. The SMILES string of the molecule is COc1ccc(C(=O)[C@@H]2[C@@H](c3ccccc3)C(C#N)(C#N)[C@H]3C=Cc4ccccc4N23)cc1. The van der Waals surface area contributed by atoms with Crippen LogP contribution in [0.15, 0.2) is 84.9 Å². The lowest BCUT2D eigenvalue weighted by Gasteiger charge is -2.35. The van der Waals surface area contributed by atoms with Gasteiger partial charge in [0.15, 0.2) is 11.2 Å². The van der Waals surface area contributed by atoms with Gasteiger partial charge in [-0.05, 0) is 41.5 Å². The molecule has 1 fully saturated rings. The summed E-state index contributed by atoms with van der Waals surface area (Å²) in [7, 11) is 1.58. The zero-order valence-corrected chi connectivity index (χ0v) is 18.1. The molecular formula is C28H21N3O2. The minimum atomic E-state index is -1.43. The smallest absolute Gasteiger partial charge is 0.185 e. The summed E-state index contributed by atoms with van der Waals surface area (Å²) >= 11 is 0. The molecule has 0 aromatic heterocycles. The van der Waals surface area contributed by atoms with Crippen LogP contribution in [0.3, 0.4) is 0 Å². The second kappa shape index (κ2) is 7.97. The van der Waals surface area contributed by atoms with E-state index in [0.29, 0.717) is 11.3 Å². The fourth-order valence-electron chi connectivity index (χ4n) is 5.19. The topological polar surface area (TPSA) is 77.1 Å². The Balaban J connectivity index is 1.75. The van der Waals surface area contributed by atoms with Crippen molar-refractivity contribution in [2.24, 2.45) is 5.41 Å². The van der Waals surface area contributed by atoms with Gasteiger partial charge >= 0.3 is 0 Å². The number of benzene rings is 3. The van der Waals surface area contributed by atoms with E-state index in [1.807, 2.05) is 71.6 Å². The molecule has 3 aromatic rings. The first kappa shape index (κ1) is 20.5. The first-order chi connectivity index (χ1) is 16.1. The van der Waals surface area contributed by atoms with Crippen LogP contribution in [-0.2, 0) is 0 Å². The normalized spacial score (nSPS) is 21.9. The Bertz CT molecular complexity index is 1300. The maximum absolute atomic E-state index is 14.1. The van der Waals surface area contributed by atoms with Crippen LogP contribution in [0.4, 0.5) is 5.69 Å². The highest BCUT2D eigenvalue weighted by molar-refractivity contribution is 6.04. The largest absolute Gasteiger partial charge is 0.497 e. The van der Waals surface area contributed by atoms with E-state index in [1.165, 1.54) is 0 Å². The number of ketones is 1. The first-order valence-electron chi connectivity index (χ1n) is 10.8. The molecule has 0 N–H and O–H groups in total. The zero-order chi connectivity index (χ0) is 23.0. The van der Waals surface area contributed by atoms with Gasteiger partial charge in [-0.15, -0.1) is 0 Å². The number of hydrogen-bond donors (Lipinski definition) is 0. The molecule has 0 amide bonds. The molecular weight excluding hydrogens is 410 g/mol. The van der Waals surface area contributed by atoms with Crippen molar-refractivity contribution in [2.75, 3.05) is 12.0 Å². The van der Waals surface area contributed by atoms with E-state index in [2.05, 4.69) is 12.1 Å². The fourth-order valence-corrected chi connectivity index (χ4v) is 5.19. The van der Waals surface area contributed by atoms with E-state index in [0.717, 1.165) is 16.8 Å². The molecule has 0 radical (unpaired) electrons. The molecule has 2 aliphatic heterocycles. The van der Waals surface area contributed by atoms with Gasteiger partial charge in [0.05, 0.1) is 25.3 Å². The van der Waals surface area contributed by atoms with Gasteiger partial charge in [0.1, 0.15) is 11.8 Å². The maximum atomic E-state index is 14.1. The van der Waals surface area contributed by atoms with Crippen molar-refractivity contribution in [3.8, 4) is 17.9 Å². The zero-order valence-electron chi connectivity index (χ0n) is 18.1. The molecule has 0 aliphatic carbocycles. The summed E-state index contributed by atoms with van der Waals surface area (Å²) in [5.74, 6) is -0.108. The number of hydrogen-bond acceptors (Lipinski definition) is 5. The Kier molecular flexibility index (Phi) is 4.96. The van der Waals surface area contributed by atoms with Crippen molar-refractivity contribution in [3.63, 3.8) is 0 Å². The standard InChI is InChI=1S/C28H21N3O2/c1-33-22-14-11-21(12-15-22)27(32)26-25(20-8-3-2-4-9-20)28(17-29,18-30)24-16-13-19-7-5-6-10-23(19)31(24)26/h2-16,24-26H,1H3/t24-,25-,26+/m1/s1. The van der Waals surface area contributed by atoms with Gasteiger partial charge in [-0.25, -0.2) is 0 Å². The van der Waals surface area contributed by atoms with Crippen molar-refractivity contribution in [1.82, 2.24) is 0 Å². The molecule has 0 unspecified atom stereocenters. The number of nitriles is 2. The molecule has 33 heavy (non-hydrogen) atoms. The summed E-state index contributed by atoms with van der Waals surface area (Å²) in [5, 5.41) is 20.8. The minimum Gasteiger partial charge on any atom is -0.497 e. The molecule has 0 bridgehead atoms. The lowest BCUT2D eigenvalue weighted by atomic mass is 9.69. The van der Waals surface area contributed by atoms with Gasteiger partial charge in [-0.2, -0.15) is 10.5 Å². The van der Waals surface area contributed by atoms with E-state index in [-0.39, 0.29) is 5.78 Å². The summed E-state index contributed by atoms with van der Waals surface area (Å²) in [4.78, 5) is 16.1. The fraction of sp³-hybridized carbons (Fsp3) is 0.179. The third-order valence-corrected chi connectivity index (χ3v) is 6.72. The summed E-state index contributed by atoms with van der Waals surface area (Å²) < 4.78 is 5.25. The van der Waals surface area contributed by atoms with Gasteiger partial charge in [0.25, 0.3) is 0 Å². The van der Waals surface area contributed by atoms with Crippen molar-refractivity contribution >= 4 is 17.5 Å². The van der Waals surface area contributed by atoms with Gasteiger partial charge in [-0.3, -0.25) is 4.79 Å². The van der Waals surface area contributed by atoms with Crippen molar-refractivity contribution < 1.29 is 9.53 Å². The van der Waals surface area contributed by atoms with E-state index < -0.39 is 23.4 Å². The average molecular weight is 431 g/mol. The maximum Gasteiger partial charge on any atom is 0.185 e. The Morgan fingerprint density at radius 2 is 1.61 bits per heavy atom. The Labute approximate surface area is 192 Å². The molecule has 5 heteroatoms. The number of carbonyl (C=O) groups is 1. The van der Waals surface area contributed by atoms with Gasteiger partial charge in [-0.1, -0.05) is 60.7 Å². The molecule has 1 saturated heterocycles. The third-order valence-electron chi connectivity index (χ3n) is 6.72. The molecule has 5 rings (SSSR count). The van der Waals surface area contributed by atoms with Crippen LogP contribution in [-0.4, -0.2) is 25.0 Å². The van der Waals surface area contributed by atoms with Gasteiger partial charge in [0.2, 0.25) is 0 Å². The van der Waals surface area contributed by atoms with E-state index in [1.54, 1.807) is 31.4 Å². The predicted octanol–water partition coefficient (Wildman–Crippen LogP) is 4.98. The van der Waals surface area contributed by atoms with Crippen molar-refractivity contribution in [2.45, 2.75) is 18.0 Å². The lowest BCUT2D eigenvalue weighted by Crippen LogP contribution is -2.44. The Morgan fingerprint density at radius 1 is 0.939 bits per heavy atom. The number of nitrogens with zero attached hydrogens (tertiary/aromatic N) is 3. The van der Waals surface area contributed by atoms with E-state index in [4.69, 9.17) is 4.74 Å². The molecule has 160 valence electrons. The van der Waals surface area contributed by atoms with Crippen molar-refractivity contribution in [3.05, 3.63) is 102 Å². The molecule has 0 saturated carbocycles. The Morgan fingerprint density at radius 3 is 2.27 bits per heavy atom. The number of methoxy groups -OCH3 is 1. The summed E-state index contributed by atoms with van der Waals surface area (Å²) in [5.41, 5.74) is 1.69. The highest BCUT2D eigenvalue weighted by Crippen LogP contribution is 2.55. The number of ether oxygens (including phenoxy) is 1. The van der Waals surface area contributed by atoms with Crippen LogP contribution in [0.2, 0.25) is 0 Å². The molecule has 3 atom stereocenters. The third kappa shape index (κ3) is 3.02. The molecule has 2 aliphatic rings. The highest BCUT2D eigenvalue weighted by Gasteiger charge is 2.63. The highest BCUT2D eigenvalue weighted by atomic mass is 16.5. The predicted molar refractivity (Wildman–Crippen MR) is 126 cm³/mol. The van der Waals surface area contributed by atoms with E-state index >= 15 is 0 Å². The number of para-hydroxylation sites is 1. The van der Waals surface area contributed by atoms with Crippen LogP contribution in [0, 0.1) is 28.1 Å². The number of fused-ring (bicyclic) bond motifs is 3.